The van der Waals surface area contributed by atoms with Gasteiger partial charge in [-0.25, -0.2) is 0 Å². The van der Waals surface area contributed by atoms with Crippen LogP contribution in [-0.4, -0.2) is 66.7 Å². The predicted molar refractivity (Wildman–Crippen MR) is 133 cm³/mol. The Kier molecular flexibility index (Phi) is 9.85. The van der Waals surface area contributed by atoms with Crippen molar-refractivity contribution >= 4 is 35.1 Å². The van der Waals surface area contributed by atoms with Gasteiger partial charge in [-0.15, -0.1) is 0 Å². The number of benzene rings is 2. The summed E-state index contributed by atoms with van der Waals surface area (Å²) >= 11 is 5.38. The number of carbonyl (C=O) groups excluding carboxylic acids is 3. The lowest BCUT2D eigenvalue weighted by molar-refractivity contribution is -0.147. The van der Waals surface area contributed by atoms with Crippen LogP contribution in [0.4, 0.5) is 0 Å². The van der Waals surface area contributed by atoms with Gasteiger partial charge in [0.1, 0.15) is 30.8 Å². The van der Waals surface area contributed by atoms with E-state index in [0.717, 1.165) is 5.75 Å². The van der Waals surface area contributed by atoms with Crippen molar-refractivity contribution in [3.05, 3.63) is 60.2 Å². The molecule has 1 fully saturated rings. The lowest BCUT2D eigenvalue weighted by atomic mass is 10.1. The lowest BCUT2D eigenvalue weighted by Crippen LogP contribution is -2.60. The second kappa shape index (κ2) is 13.3. The van der Waals surface area contributed by atoms with Gasteiger partial charge in [-0.1, -0.05) is 25.1 Å². The highest BCUT2D eigenvalue weighted by molar-refractivity contribution is 7.80. The first-order chi connectivity index (χ1) is 17.0. The third-order valence-electron chi connectivity index (χ3n) is 5.12. The van der Waals surface area contributed by atoms with E-state index in [1.54, 1.807) is 29.2 Å². The minimum absolute atomic E-state index is 0.0801. The predicted octanol–water partition coefficient (Wildman–Crippen LogP) is 2.30. The molecule has 1 unspecified atom stereocenters. The molecule has 2 aromatic carbocycles. The van der Waals surface area contributed by atoms with Crippen molar-refractivity contribution in [2.75, 3.05) is 32.9 Å². The van der Waals surface area contributed by atoms with Crippen molar-refractivity contribution in [3.8, 4) is 11.5 Å². The fourth-order valence-corrected chi connectivity index (χ4v) is 3.68. The van der Waals surface area contributed by atoms with Crippen molar-refractivity contribution in [3.63, 3.8) is 0 Å². The van der Waals surface area contributed by atoms with Crippen LogP contribution in [0.5, 0.6) is 11.5 Å². The van der Waals surface area contributed by atoms with Crippen LogP contribution >= 0.6 is 12.2 Å². The van der Waals surface area contributed by atoms with Gasteiger partial charge in [-0.05, 0) is 55.0 Å². The molecule has 1 aliphatic heterocycles. The van der Waals surface area contributed by atoms with Gasteiger partial charge in [0, 0.05) is 18.7 Å². The van der Waals surface area contributed by atoms with E-state index in [9.17, 15) is 14.4 Å². The van der Waals surface area contributed by atoms with Crippen LogP contribution in [0.15, 0.2) is 54.6 Å². The average molecular weight is 500 g/mol. The number of rotatable bonds is 10. The molecule has 1 saturated heterocycles. The second-order valence-corrected chi connectivity index (χ2v) is 8.11. The van der Waals surface area contributed by atoms with Gasteiger partial charge in [-0.2, -0.15) is 0 Å². The summed E-state index contributed by atoms with van der Waals surface area (Å²) in [6, 6.07) is 15.2. The number of amides is 2. The molecule has 2 amide bonds. The Labute approximate surface area is 209 Å². The van der Waals surface area contributed by atoms with E-state index < -0.39 is 17.9 Å². The minimum atomic E-state index is -0.838. The molecule has 3 rings (SSSR count). The fraction of sp³-hybridized carbons (Fsp3) is 0.360. The van der Waals surface area contributed by atoms with Crippen LogP contribution in [0.2, 0.25) is 0 Å². The molecule has 0 aliphatic carbocycles. The summed E-state index contributed by atoms with van der Waals surface area (Å²) in [5, 5.41) is 5.44. The zero-order chi connectivity index (χ0) is 25.0. The summed E-state index contributed by atoms with van der Waals surface area (Å²) < 4.78 is 16.3. The van der Waals surface area contributed by atoms with Crippen LogP contribution in [-0.2, 0) is 14.3 Å². The van der Waals surface area contributed by atoms with Gasteiger partial charge < -0.3 is 24.4 Å². The van der Waals surface area contributed by atoms with E-state index in [-0.39, 0.29) is 24.0 Å². The van der Waals surface area contributed by atoms with Gasteiger partial charge in [0.25, 0.3) is 5.91 Å². The summed E-state index contributed by atoms with van der Waals surface area (Å²) in [6.07, 6.45) is 0.536. The maximum absolute atomic E-state index is 12.7. The van der Waals surface area contributed by atoms with E-state index in [1.807, 2.05) is 37.3 Å². The molecule has 0 spiro atoms. The van der Waals surface area contributed by atoms with Crippen LogP contribution in [0.1, 0.15) is 30.1 Å². The number of esters is 1. The number of piperazine rings is 1. The first kappa shape index (κ1) is 26.0. The number of hydrogen-bond acceptors (Lipinski definition) is 7. The van der Waals surface area contributed by atoms with E-state index in [0.29, 0.717) is 44.0 Å². The molecule has 0 aromatic heterocycles. The van der Waals surface area contributed by atoms with E-state index >= 15 is 0 Å². The molecule has 0 radical (unpaired) electrons. The standard InChI is InChI=1S/C25H29N3O6S/c1-2-14-34-22(29)17-21-24(31)26-12-13-28(21)25(35)27-23(30)18-8-10-20(11-9-18)33-16-15-32-19-6-4-3-5-7-19/h3-11,21H,2,12-17H2,1H3,(H,26,31)(H,27,30,35). The Bertz CT molecular complexity index is 1020. The topological polar surface area (TPSA) is 106 Å². The highest BCUT2D eigenvalue weighted by Gasteiger charge is 2.34. The number of para-hydroxylation sites is 1. The highest BCUT2D eigenvalue weighted by atomic mass is 32.1. The molecule has 9 nitrogen and oxygen atoms in total. The summed E-state index contributed by atoms with van der Waals surface area (Å²) in [5.74, 6) is 0.119. The summed E-state index contributed by atoms with van der Waals surface area (Å²) in [7, 11) is 0. The number of carbonyl (C=O) groups is 3. The number of ether oxygens (including phenoxy) is 3. The van der Waals surface area contributed by atoms with E-state index in [4.69, 9.17) is 26.4 Å². The quantitative estimate of drug-likeness (QED) is 0.291. The Morgan fingerprint density at radius 3 is 2.34 bits per heavy atom. The monoisotopic (exact) mass is 499 g/mol. The Morgan fingerprint density at radius 1 is 1.03 bits per heavy atom. The van der Waals surface area contributed by atoms with Crippen LogP contribution in [0.25, 0.3) is 0 Å². The van der Waals surface area contributed by atoms with Gasteiger partial charge in [-0.3, -0.25) is 19.7 Å². The highest BCUT2D eigenvalue weighted by Crippen LogP contribution is 2.14. The van der Waals surface area contributed by atoms with Crippen molar-refractivity contribution in [1.29, 1.82) is 0 Å². The van der Waals surface area contributed by atoms with Crippen LogP contribution in [0.3, 0.4) is 0 Å². The SMILES string of the molecule is CCCOC(=O)CC1C(=O)NCCN1C(=S)NC(=O)c1ccc(OCCOc2ccccc2)cc1. The molecule has 35 heavy (non-hydrogen) atoms. The van der Waals surface area contributed by atoms with E-state index in [1.165, 1.54) is 0 Å². The van der Waals surface area contributed by atoms with Crippen molar-refractivity contribution in [1.82, 2.24) is 15.5 Å². The third-order valence-corrected chi connectivity index (χ3v) is 5.46. The zero-order valence-corrected chi connectivity index (χ0v) is 20.3. The zero-order valence-electron chi connectivity index (χ0n) is 19.5. The molecule has 0 bridgehead atoms. The lowest BCUT2D eigenvalue weighted by Gasteiger charge is -2.36. The van der Waals surface area contributed by atoms with Gasteiger partial charge >= 0.3 is 5.97 Å². The van der Waals surface area contributed by atoms with Crippen molar-refractivity contribution in [2.45, 2.75) is 25.8 Å². The molecular formula is C25H29N3O6S. The summed E-state index contributed by atoms with van der Waals surface area (Å²) in [4.78, 5) is 38.6. The molecule has 186 valence electrons. The molecule has 2 aromatic rings. The smallest absolute Gasteiger partial charge is 0.308 e. The molecule has 0 saturated carbocycles. The maximum Gasteiger partial charge on any atom is 0.308 e. The third kappa shape index (κ3) is 7.96. The summed E-state index contributed by atoms with van der Waals surface area (Å²) in [5.41, 5.74) is 0.376. The molecular weight excluding hydrogens is 470 g/mol. The van der Waals surface area contributed by atoms with Crippen molar-refractivity contribution in [2.24, 2.45) is 0 Å². The number of nitrogens with one attached hydrogen (secondary N) is 2. The van der Waals surface area contributed by atoms with Crippen LogP contribution < -0.4 is 20.1 Å². The first-order valence-electron chi connectivity index (χ1n) is 11.4. The van der Waals surface area contributed by atoms with Crippen LogP contribution in [0, 0.1) is 0 Å². The molecule has 1 aliphatic rings. The summed E-state index contributed by atoms with van der Waals surface area (Å²) in [6.45, 7) is 3.63. The Morgan fingerprint density at radius 2 is 1.69 bits per heavy atom. The van der Waals surface area contributed by atoms with Crippen molar-refractivity contribution < 1.29 is 28.6 Å². The van der Waals surface area contributed by atoms with Gasteiger partial charge in [0.15, 0.2) is 5.11 Å². The van der Waals surface area contributed by atoms with Gasteiger partial charge in [0.2, 0.25) is 5.91 Å². The number of hydrogen-bond donors (Lipinski definition) is 2. The molecule has 1 atom stereocenters. The molecule has 1 heterocycles. The molecule has 10 heteroatoms. The minimum Gasteiger partial charge on any atom is -0.490 e. The largest absolute Gasteiger partial charge is 0.490 e. The first-order valence-corrected chi connectivity index (χ1v) is 11.8. The fourth-order valence-electron chi connectivity index (χ4n) is 3.37. The average Bonchev–Trinajstić information content (AvgIpc) is 2.87. The molecule has 2 N–H and O–H groups in total. The Balaban J connectivity index is 1.49. The second-order valence-electron chi connectivity index (χ2n) is 7.72. The Hall–Kier alpha value is -3.66. The maximum atomic E-state index is 12.7. The number of thiocarbonyl (C=S) groups is 1. The van der Waals surface area contributed by atoms with E-state index in [2.05, 4.69) is 10.6 Å². The van der Waals surface area contributed by atoms with Gasteiger partial charge in [0.05, 0.1) is 13.0 Å². The number of nitrogens with zero attached hydrogens (tertiary/aromatic N) is 1. The normalized spacial score (nSPS) is 15.1.